The zero-order valence-corrected chi connectivity index (χ0v) is 11.9. The first-order chi connectivity index (χ1) is 8.99. The molecular weight excluding hydrogens is 260 g/mol. The Kier molecular flexibility index (Phi) is 4.39. The van der Waals surface area contributed by atoms with Gasteiger partial charge in [-0.25, -0.2) is 8.42 Å². The van der Waals surface area contributed by atoms with Crippen LogP contribution in [0, 0.1) is 5.92 Å². The van der Waals surface area contributed by atoms with Crippen molar-refractivity contribution in [1.82, 2.24) is 4.31 Å². The standard InChI is InChI=1S/C14H20N2O2S/c1-12-7-9-16(11-14(12)15)19(17,18)10-8-13-5-3-2-4-6-13/h2-6,8,10,12,14H,7,9,11,15H2,1H3. The predicted octanol–water partition coefficient (Wildman–Crippen LogP) is 1.66. The topological polar surface area (TPSA) is 63.4 Å². The molecule has 0 amide bonds. The monoisotopic (exact) mass is 280 g/mol. The fraction of sp³-hybridized carbons (Fsp3) is 0.429. The predicted molar refractivity (Wildman–Crippen MR) is 77.7 cm³/mol. The first kappa shape index (κ1) is 14.2. The van der Waals surface area contributed by atoms with E-state index in [1.54, 1.807) is 6.08 Å². The van der Waals surface area contributed by atoms with Gasteiger partial charge in [-0.2, -0.15) is 4.31 Å². The van der Waals surface area contributed by atoms with Crippen molar-refractivity contribution >= 4 is 16.1 Å². The third-order valence-electron chi connectivity index (χ3n) is 3.57. The van der Waals surface area contributed by atoms with Gasteiger partial charge in [-0.1, -0.05) is 37.3 Å². The molecule has 0 bridgehead atoms. The molecule has 1 aliphatic heterocycles. The van der Waals surface area contributed by atoms with Gasteiger partial charge in [0.1, 0.15) is 0 Å². The zero-order chi connectivity index (χ0) is 13.9. The normalized spacial score (nSPS) is 25.8. The molecule has 4 nitrogen and oxygen atoms in total. The fourth-order valence-corrected chi connectivity index (χ4v) is 3.36. The van der Waals surface area contributed by atoms with Crippen LogP contribution in [0.3, 0.4) is 0 Å². The highest BCUT2D eigenvalue weighted by Gasteiger charge is 2.29. The Bertz CT molecular complexity index is 540. The van der Waals surface area contributed by atoms with Gasteiger partial charge in [0, 0.05) is 24.5 Å². The Labute approximate surface area is 115 Å². The second-order valence-electron chi connectivity index (χ2n) is 5.05. The molecule has 1 saturated heterocycles. The summed E-state index contributed by atoms with van der Waals surface area (Å²) >= 11 is 0. The van der Waals surface area contributed by atoms with Crippen LogP contribution in [0.25, 0.3) is 6.08 Å². The summed E-state index contributed by atoms with van der Waals surface area (Å²) in [5, 5.41) is 1.27. The number of benzene rings is 1. The van der Waals surface area contributed by atoms with Gasteiger partial charge in [0.2, 0.25) is 10.0 Å². The molecule has 1 heterocycles. The van der Waals surface area contributed by atoms with Gasteiger partial charge in [-0.3, -0.25) is 0 Å². The zero-order valence-electron chi connectivity index (χ0n) is 11.1. The first-order valence-corrected chi connectivity index (χ1v) is 7.98. The lowest BCUT2D eigenvalue weighted by atomic mass is 9.96. The van der Waals surface area contributed by atoms with Crippen molar-refractivity contribution in [2.45, 2.75) is 19.4 Å². The molecule has 0 saturated carbocycles. The van der Waals surface area contributed by atoms with Crippen LogP contribution in [-0.2, 0) is 10.0 Å². The summed E-state index contributed by atoms with van der Waals surface area (Å²) in [6, 6.07) is 9.33. The highest BCUT2D eigenvalue weighted by atomic mass is 32.2. The van der Waals surface area contributed by atoms with E-state index in [-0.39, 0.29) is 6.04 Å². The van der Waals surface area contributed by atoms with E-state index in [4.69, 9.17) is 5.73 Å². The van der Waals surface area contributed by atoms with E-state index in [1.165, 1.54) is 9.71 Å². The minimum atomic E-state index is -3.37. The Morgan fingerprint density at radius 3 is 2.63 bits per heavy atom. The molecule has 0 aromatic heterocycles. The quantitative estimate of drug-likeness (QED) is 0.916. The molecule has 5 heteroatoms. The summed E-state index contributed by atoms with van der Waals surface area (Å²) in [5.41, 5.74) is 6.82. The minimum Gasteiger partial charge on any atom is -0.326 e. The molecule has 1 fully saturated rings. The Hall–Kier alpha value is -1.17. The van der Waals surface area contributed by atoms with E-state index in [1.807, 2.05) is 30.3 Å². The molecule has 0 aliphatic carbocycles. The summed E-state index contributed by atoms with van der Waals surface area (Å²) in [7, 11) is -3.37. The van der Waals surface area contributed by atoms with Gasteiger partial charge < -0.3 is 5.73 Å². The summed E-state index contributed by atoms with van der Waals surface area (Å²) in [6.45, 7) is 3.02. The average molecular weight is 280 g/mol. The molecule has 1 aliphatic rings. The third kappa shape index (κ3) is 3.65. The van der Waals surface area contributed by atoms with Crippen molar-refractivity contribution in [2.75, 3.05) is 13.1 Å². The number of nitrogens with two attached hydrogens (primary N) is 1. The second kappa shape index (κ2) is 5.86. The Morgan fingerprint density at radius 1 is 1.32 bits per heavy atom. The molecule has 2 unspecified atom stereocenters. The van der Waals surface area contributed by atoms with Crippen LogP contribution in [-0.4, -0.2) is 31.9 Å². The molecule has 1 aromatic carbocycles. The van der Waals surface area contributed by atoms with Crippen LogP contribution in [0.2, 0.25) is 0 Å². The highest BCUT2D eigenvalue weighted by Crippen LogP contribution is 2.19. The maximum absolute atomic E-state index is 12.2. The molecule has 0 radical (unpaired) electrons. The van der Waals surface area contributed by atoms with Crippen LogP contribution in [0.5, 0.6) is 0 Å². The summed E-state index contributed by atoms with van der Waals surface area (Å²) in [6.07, 6.45) is 2.44. The van der Waals surface area contributed by atoms with Gasteiger partial charge in [0.15, 0.2) is 0 Å². The van der Waals surface area contributed by atoms with Gasteiger partial charge >= 0.3 is 0 Å². The maximum atomic E-state index is 12.2. The lowest BCUT2D eigenvalue weighted by molar-refractivity contribution is 0.255. The van der Waals surface area contributed by atoms with Crippen LogP contribution >= 0.6 is 0 Å². The maximum Gasteiger partial charge on any atom is 0.236 e. The molecule has 2 atom stereocenters. The number of sulfonamides is 1. The van der Waals surface area contributed by atoms with Crippen LogP contribution in [0.1, 0.15) is 18.9 Å². The van der Waals surface area contributed by atoms with E-state index < -0.39 is 10.0 Å². The number of nitrogens with zero attached hydrogens (tertiary/aromatic N) is 1. The van der Waals surface area contributed by atoms with E-state index >= 15 is 0 Å². The lowest BCUT2D eigenvalue weighted by Gasteiger charge is -2.33. The molecule has 1 aromatic rings. The molecule has 2 N–H and O–H groups in total. The number of hydrogen-bond donors (Lipinski definition) is 1. The van der Waals surface area contributed by atoms with Crippen LogP contribution < -0.4 is 5.73 Å². The number of hydrogen-bond acceptors (Lipinski definition) is 3. The minimum absolute atomic E-state index is 0.0753. The summed E-state index contributed by atoms with van der Waals surface area (Å²) in [4.78, 5) is 0. The second-order valence-corrected chi connectivity index (χ2v) is 6.86. The molecule has 2 rings (SSSR count). The van der Waals surface area contributed by atoms with E-state index in [2.05, 4.69) is 6.92 Å². The van der Waals surface area contributed by atoms with E-state index in [9.17, 15) is 8.42 Å². The van der Waals surface area contributed by atoms with Crippen LogP contribution in [0.15, 0.2) is 35.7 Å². The molecule has 104 valence electrons. The molecular formula is C14H20N2O2S. The van der Waals surface area contributed by atoms with Crippen molar-refractivity contribution in [1.29, 1.82) is 0 Å². The summed E-state index contributed by atoms with van der Waals surface area (Å²) < 4.78 is 25.9. The largest absolute Gasteiger partial charge is 0.326 e. The smallest absolute Gasteiger partial charge is 0.236 e. The van der Waals surface area contributed by atoms with Crippen molar-refractivity contribution in [3.05, 3.63) is 41.3 Å². The van der Waals surface area contributed by atoms with E-state index in [0.29, 0.717) is 19.0 Å². The SMILES string of the molecule is CC1CCN(S(=O)(=O)C=Cc2ccccc2)CC1N. The number of piperidine rings is 1. The Balaban J connectivity index is 2.09. The van der Waals surface area contributed by atoms with Crippen molar-refractivity contribution < 1.29 is 8.42 Å². The molecule has 0 spiro atoms. The van der Waals surface area contributed by atoms with Crippen LogP contribution in [0.4, 0.5) is 0 Å². The summed E-state index contributed by atoms with van der Waals surface area (Å²) in [5.74, 6) is 0.379. The molecule has 19 heavy (non-hydrogen) atoms. The van der Waals surface area contributed by atoms with Gasteiger partial charge in [0.05, 0.1) is 0 Å². The Morgan fingerprint density at radius 2 is 2.00 bits per heavy atom. The number of rotatable bonds is 3. The van der Waals surface area contributed by atoms with Gasteiger partial charge in [0.25, 0.3) is 0 Å². The van der Waals surface area contributed by atoms with Gasteiger partial charge in [-0.15, -0.1) is 0 Å². The lowest BCUT2D eigenvalue weighted by Crippen LogP contribution is -2.49. The van der Waals surface area contributed by atoms with Gasteiger partial charge in [-0.05, 0) is 24.0 Å². The van der Waals surface area contributed by atoms with Crippen molar-refractivity contribution in [3.8, 4) is 0 Å². The first-order valence-electron chi connectivity index (χ1n) is 6.48. The van der Waals surface area contributed by atoms with Crippen molar-refractivity contribution in [2.24, 2.45) is 11.7 Å². The van der Waals surface area contributed by atoms with Crippen molar-refractivity contribution in [3.63, 3.8) is 0 Å². The highest BCUT2D eigenvalue weighted by molar-refractivity contribution is 7.92. The fourth-order valence-electron chi connectivity index (χ4n) is 2.11. The average Bonchev–Trinajstić information content (AvgIpc) is 2.41. The third-order valence-corrected chi connectivity index (χ3v) is 5.10. The van der Waals surface area contributed by atoms with E-state index in [0.717, 1.165) is 12.0 Å².